The fraction of sp³-hybridized carbons (Fsp3) is 0.333. The molecule has 0 aliphatic carbocycles. The molecule has 0 bridgehead atoms. The Balaban J connectivity index is 1.71. The van der Waals surface area contributed by atoms with Crippen molar-refractivity contribution < 1.29 is 18.1 Å². The van der Waals surface area contributed by atoms with E-state index < -0.39 is 16.7 Å². The molecule has 0 aromatic carbocycles. The first-order chi connectivity index (χ1) is 11.9. The van der Waals surface area contributed by atoms with Gasteiger partial charge < -0.3 is 9.80 Å². The van der Waals surface area contributed by atoms with Gasteiger partial charge in [-0.1, -0.05) is 0 Å². The van der Waals surface area contributed by atoms with Crippen LogP contribution in [0.1, 0.15) is 5.56 Å². The predicted octanol–water partition coefficient (Wildman–Crippen LogP) is 2.73. The molecule has 7 nitrogen and oxygen atoms in total. The van der Waals surface area contributed by atoms with E-state index in [0.29, 0.717) is 32.0 Å². The zero-order valence-electron chi connectivity index (χ0n) is 13.0. The van der Waals surface area contributed by atoms with Gasteiger partial charge in [0.15, 0.2) is 0 Å². The molecule has 0 N–H and O–H groups in total. The van der Waals surface area contributed by atoms with E-state index >= 15 is 0 Å². The van der Waals surface area contributed by atoms with Gasteiger partial charge in [-0.25, -0.2) is 9.97 Å². The van der Waals surface area contributed by atoms with E-state index in [2.05, 4.69) is 9.97 Å². The lowest BCUT2D eigenvalue weighted by Gasteiger charge is -2.36. The highest BCUT2D eigenvalue weighted by molar-refractivity contribution is 5.51. The molecule has 25 heavy (non-hydrogen) atoms. The predicted molar refractivity (Wildman–Crippen MR) is 84.6 cm³/mol. The Morgan fingerprint density at radius 3 is 2.28 bits per heavy atom. The Kier molecular flexibility index (Phi) is 4.43. The van der Waals surface area contributed by atoms with Gasteiger partial charge >= 0.3 is 6.18 Å². The molecule has 0 radical (unpaired) electrons. The van der Waals surface area contributed by atoms with Crippen LogP contribution in [0.15, 0.2) is 36.7 Å². The van der Waals surface area contributed by atoms with Crippen LogP contribution >= 0.6 is 0 Å². The fourth-order valence-corrected chi connectivity index (χ4v) is 2.69. The summed E-state index contributed by atoms with van der Waals surface area (Å²) in [6.45, 7) is 1.58. The Morgan fingerprint density at radius 1 is 1.04 bits per heavy atom. The zero-order valence-corrected chi connectivity index (χ0v) is 13.0. The smallest absolute Gasteiger partial charge is 0.353 e. The van der Waals surface area contributed by atoms with Crippen molar-refractivity contribution >= 4 is 17.3 Å². The highest BCUT2D eigenvalue weighted by atomic mass is 19.4. The zero-order chi connectivity index (χ0) is 18.0. The van der Waals surface area contributed by atoms with E-state index in [4.69, 9.17) is 0 Å². The van der Waals surface area contributed by atoms with Gasteiger partial charge in [0.25, 0.3) is 5.69 Å². The topological polar surface area (TPSA) is 75.4 Å². The molecule has 132 valence electrons. The lowest BCUT2D eigenvalue weighted by molar-refractivity contribution is -0.385. The molecular weight excluding hydrogens is 339 g/mol. The summed E-state index contributed by atoms with van der Waals surface area (Å²) < 4.78 is 39.3. The normalized spacial score (nSPS) is 15.3. The van der Waals surface area contributed by atoms with E-state index in [9.17, 15) is 23.3 Å². The minimum absolute atomic E-state index is 0.0775. The fourth-order valence-electron chi connectivity index (χ4n) is 2.69. The number of halogens is 3. The molecule has 2 aromatic heterocycles. The Labute approximate surface area is 140 Å². The van der Waals surface area contributed by atoms with Gasteiger partial charge in [-0.2, -0.15) is 13.2 Å². The lowest BCUT2D eigenvalue weighted by Crippen LogP contribution is -2.47. The van der Waals surface area contributed by atoms with Gasteiger partial charge in [0.2, 0.25) is 0 Å². The van der Waals surface area contributed by atoms with Crippen molar-refractivity contribution in [2.45, 2.75) is 6.18 Å². The summed E-state index contributed by atoms with van der Waals surface area (Å²) in [7, 11) is 0. The van der Waals surface area contributed by atoms with Crippen molar-refractivity contribution in [2.24, 2.45) is 0 Å². The standard InChI is InChI=1S/C15H14F3N5O2/c16-15(17,18)12-2-1-5-19-14(12)22-8-6-21(7-9-22)13-4-3-11(10-20-13)23(24)25/h1-5,10H,6-9H2. The second-order valence-electron chi connectivity index (χ2n) is 5.48. The largest absolute Gasteiger partial charge is 0.419 e. The van der Waals surface area contributed by atoms with Gasteiger partial charge in [0, 0.05) is 38.4 Å². The van der Waals surface area contributed by atoms with Gasteiger partial charge in [-0.15, -0.1) is 0 Å². The summed E-state index contributed by atoms with van der Waals surface area (Å²) in [5.41, 5.74) is -0.859. The van der Waals surface area contributed by atoms with Crippen molar-refractivity contribution in [1.82, 2.24) is 9.97 Å². The maximum atomic E-state index is 13.1. The summed E-state index contributed by atoms with van der Waals surface area (Å²) in [6, 6.07) is 5.18. The molecule has 0 atom stereocenters. The molecule has 2 aromatic rings. The Morgan fingerprint density at radius 2 is 1.72 bits per heavy atom. The molecule has 3 heterocycles. The number of pyridine rings is 2. The molecule has 1 saturated heterocycles. The number of aromatic nitrogens is 2. The molecule has 1 aliphatic rings. The van der Waals surface area contributed by atoms with Gasteiger partial charge in [-0.3, -0.25) is 10.1 Å². The van der Waals surface area contributed by atoms with E-state index in [0.717, 1.165) is 6.07 Å². The molecule has 0 spiro atoms. The third-order valence-electron chi connectivity index (χ3n) is 3.94. The van der Waals surface area contributed by atoms with E-state index in [1.165, 1.54) is 30.6 Å². The molecular formula is C15H14F3N5O2. The number of alkyl halides is 3. The summed E-state index contributed by atoms with van der Waals surface area (Å²) in [5.74, 6) is 0.480. The third kappa shape index (κ3) is 3.62. The maximum Gasteiger partial charge on any atom is 0.419 e. The summed E-state index contributed by atoms with van der Waals surface area (Å²) >= 11 is 0. The van der Waals surface area contributed by atoms with Crippen LogP contribution in [0.4, 0.5) is 30.5 Å². The van der Waals surface area contributed by atoms with Crippen LogP contribution in [0.5, 0.6) is 0 Å². The first-order valence-electron chi connectivity index (χ1n) is 7.49. The molecule has 1 fully saturated rings. The lowest BCUT2D eigenvalue weighted by atomic mass is 10.2. The van der Waals surface area contributed by atoms with Crippen LogP contribution < -0.4 is 9.80 Å². The van der Waals surface area contributed by atoms with Crippen molar-refractivity contribution in [3.63, 3.8) is 0 Å². The summed E-state index contributed by atoms with van der Waals surface area (Å²) in [6.07, 6.45) is -1.95. The summed E-state index contributed by atoms with van der Waals surface area (Å²) in [5, 5.41) is 10.6. The molecule has 0 unspecified atom stereocenters. The van der Waals surface area contributed by atoms with E-state index in [1.54, 1.807) is 4.90 Å². The summed E-state index contributed by atoms with van der Waals surface area (Å²) in [4.78, 5) is 21.5. The van der Waals surface area contributed by atoms with Gasteiger partial charge in [-0.05, 0) is 18.2 Å². The minimum atomic E-state index is -4.46. The molecule has 0 saturated carbocycles. The first-order valence-corrected chi connectivity index (χ1v) is 7.49. The number of nitrogens with zero attached hydrogens (tertiary/aromatic N) is 5. The Bertz CT molecular complexity index is 759. The Hall–Kier alpha value is -2.91. The highest BCUT2D eigenvalue weighted by Crippen LogP contribution is 2.35. The third-order valence-corrected chi connectivity index (χ3v) is 3.94. The molecule has 10 heteroatoms. The monoisotopic (exact) mass is 353 g/mol. The number of rotatable bonds is 3. The number of piperazine rings is 1. The van der Waals surface area contributed by atoms with Crippen molar-refractivity contribution in [3.05, 3.63) is 52.3 Å². The first kappa shape index (κ1) is 16.9. The molecule has 1 aliphatic heterocycles. The maximum absolute atomic E-state index is 13.1. The van der Waals surface area contributed by atoms with Gasteiger partial charge in [0.1, 0.15) is 17.8 Å². The number of nitro groups is 1. The highest BCUT2D eigenvalue weighted by Gasteiger charge is 2.36. The average Bonchev–Trinajstić information content (AvgIpc) is 2.61. The van der Waals surface area contributed by atoms with Crippen molar-refractivity contribution in [2.75, 3.05) is 36.0 Å². The van der Waals surface area contributed by atoms with Crippen molar-refractivity contribution in [3.8, 4) is 0 Å². The van der Waals surface area contributed by atoms with Crippen LogP contribution in [0.25, 0.3) is 0 Å². The average molecular weight is 353 g/mol. The minimum Gasteiger partial charge on any atom is -0.353 e. The molecule has 0 amide bonds. The van der Waals surface area contributed by atoms with E-state index in [1.807, 2.05) is 4.90 Å². The SMILES string of the molecule is O=[N+]([O-])c1ccc(N2CCN(c3ncccc3C(F)(F)F)CC2)nc1. The van der Waals surface area contributed by atoms with Crippen LogP contribution in [-0.4, -0.2) is 41.1 Å². The van der Waals surface area contributed by atoms with Crippen LogP contribution in [0.3, 0.4) is 0 Å². The second-order valence-corrected chi connectivity index (χ2v) is 5.48. The van der Waals surface area contributed by atoms with E-state index in [-0.39, 0.29) is 11.5 Å². The van der Waals surface area contributed by atoms with Crippen molar-refractivity contribution in [1.29, 1.82) is 0 Å². The number of hydrogen-bond acceptors (Lipinski definition) is 6. The van der Waals surface area contributed by atoms with Crippen LogP contribution in [-0.2, 0) is 6.18 Å². The molecule has 3 rings (SSSR count). The number of hydrogen-bond donors (Lipinski definition) is 0. The second kappa shape index (κ2) is 6.54. The van der Waals surface area contributed by atoms with Crippen LogP contribution in [0, 0.1) is 10.1 Å². The van der Waals surface area contributed by atoms with Crippen LogP contribution in [0.2, 0.25) is 0 Å². The van der Waals surface area contributed by atoms with Gasteiger partial charge in [0.05, 0.1) is 10.5 Å². The number of anilines is 2. The quantitative estimate of drug-likeness (QED) is 0.624.